The lowest BCUT2D eigenvalue weighted by molar-refractivity contribution is -0.274. The highest BCUT2D eigenvalue weighted by molar-refractivity contribution is 7.81. The number of piperidine rings is 1. The molecule has 0 saturated carbocycles. The first-order valence-corrected chi connectivity index (χ1v) is 13.0. The van der Waals surface area contributed by atoms with E-state index in [-0.39, 0.29) is 11.8 Å². The number of likely N-dealkylation sites (tertiary alicyclic amines) is 1. The summed E-state index contributed by atoms with van der Waals surface area (Å²) >= 11 is -0.724. The molecule has 0 spiro atoms. The van der Waals surface area contributed by atoms with Crippen LogP contribution in [0.5, 0.6) is 5.75 Å². The SMILES string of the molecule is Cc1c(N(CC(Cc2ccc(OC(F)(F)F)cc2)N2CCCCC2)S(=O)O)sc2ccccc12. The summed E-state index contributed by atoms with van der Waals surface area (Å²) in [5.74, 6) is -0.259. The number of alkyl halides is 3. The van der Waals surface area contributed by atoms with Crippen LogP contribution in [0.1, 0.15) is 30.4 Å². The lowest BCUT2D eigenvalue weighted by Crippen LogP contribution is -2.47. The Morgan fingerprint density at radius 3 is 2.41 bits per heavy atom. The minimum atomic E-state index is -4.73. The van der Waals surface area contributed by atoms with Crippen molar-refractivity contribution in [2.45, 2.75) is 45.0 Å². The van der Waals surface area contributed by atoms with Crippen LogP contribution in [-0.4, -0.2) is 45.7 Å². The molecule has 0 radical (unpaired) electrons. The third-order valence-electron chi connectivity index (χ3n) is 6.15. The molecule has 34 heavy (non-hydrogen) atoms. The number of rotatable bonds is 8. The minimum absolute atomic E-state index is 0.0737. The van der Waals surface area contributed by atoms with E-state index in [2.05, 4.69) is 9.64 Å². The number of nitrogens with zero attached hydrogens (tertiary/aromatic N) is 2. The average Bonchev–Trinajstić information content (AvgIpc) is 3.13. The molecule has 1 fully saturated rings. The summed E-state index contributed by atoms with van der Waals surface area (Å²) in [5.41, 5.74) is 1.82. The van der Waals surface area contributed by atoms with Gasteiger partial charge in [-0.25, -0.2) is 4.21 Å². The maximum Gasteiger partial charge on any atom is 0.573 e. The number of anilines is 1. The third-order valence-corrected chi connectivity index (χ3v) is 8.27. The van der Waals surface area contributed by atoms with Crippen LogP contribution in [0.25, 0.3) is 10.1 Å². The van der Waals surface area contributed by atoms with E-state index < -0.39 is 17.6 Å². The summed E-state index contributed by atoms with van der Waals surface area (Å²) in [7, 11) is 0. The van der Waals surface area contributed by atoms with Gasteiger partial charge in [0.05, 0.1) is 6.54 Å². The molecule has 1 saturated heterocycles. The van der Waals surface area contributed by atoms with E-state index in [4.69, 9.17) is 0 Å². The van der Waals surface area contributed by atoms with E-state index >= 15 is 0 Å². The topological polar surface area (TPSA) is 53.0 Å². The van der Waals surface area contributed by atoms with Crippen molar-refractivity contribution >= 4 is 37.7 Å². The Morgan fingerprint density at radius 1 is 1.12 bits per heavy atom. The van der Waals surface area contributed by atoms with Crippen LogP contribution in [0.15, 0.2) is 48.5 Å². The quantitative estimate of drug-likeness (QED) is 0.368. The minimum Gasteiger partial charge on any atom is -0.406 e. The molecular formula is C24H27F3N2O3S2. The average molecular weight is 513 g/mol. The fourth-order valence-electron chi connectivity index (χ4n) is 4.50. The van der Waals surface area contributed by atoms with Crippen molar-refractivity contribution in [2.75, 3.05) is 23.9 Å². The first-order valence-electron chi connectivity index (χ1n) is 11.2. The molecule has 184 valence electrons. The summed E-state index contributed by atoms with van der Waals surface area (Å²) in [5, 5.41) is 1.82. The predicted molar refractivity (Wildman–Crippen MR) is 131 cm³/mol. The molecule has 1 N–H and O–H groups in total. The second-order valence-corrected chi connectivity index (χ2v) is 10.4. The molecule has 1 aromatic heterocycles. The van der Waals surface area contributed by atoms with E-state index in [1.807, 2.05) is 31.2 Å². The van der Waals surface area contributed by atoms with Gasteiger partial charge < -0.3 is 4.74 Å². The standard InChI is InChI=1S/C24H27F3N2O3S2/c1-17-21-7-3-4-8-22(21)33-23(17)29(34(30)31)16-19(28-13-5-2-6-14-28)15-18-9-11-20(12-10-18)32-24(25,26)27/h3-4,7-12,19H,2,5-6,13-16H2,1H3,(H,30,31). The van der Waals surface area contributed by atoms with Crippen LogP contribution in [-0.2, 0) is 17.7 Å². The van der Waals surface area contributed by atoms with E-state index in [0.717, 1.165) is 58.6 Å². The summed E-state index contributed by atoms with van der Waals surface area (Å²) in [6, 6.07) is 13.7. The van der Waals surface area contributed by atoms with Gasteiger partial charge in [-0.3, -0.25) is 13.8 Å². The van der Waals surface area contributed by atoms with E-state index in [9.17, 15) is 21.9 Å². The van der Waals surface area contributed by atoms with Crippen molar-refractivity contribution < 1.29 is 26.7 Å². The van der Waals surface area contributed by atoms with Gasteiger partial charge in [0.1, 0.15) is 10.8 Å². The molecule has 0 aliphatic carbocycles. The van der Waals surface area contributed by atoms with Gasteiger partial charge in [0.15, 0.2) is 0 Å². The zero-order valence-corrected chi connectivity index (χ0v) is 20.4. The summed E-state index contributed by atoms with van der Waals surface area (Å²) < 4.78 is 66.8. The predicted octanol–water partition coefficient (Wildman–Crippen LogP) is 6.15. The highest BCUT2D eigenvalue weighted by Crippen LogP contribution is 2.38. The molecule has 10 heteroatoms. The van der Waals surface area contributed by atoms with Gasteiger partial charge >= 0.3 is 6.36 Å². The Balaban J connectivity index is 1.59. The van der Waals surface area contributed by atoms with Crippen LogP contribution >= 0.6 is 11.3 Å². The fraction of sp³-hybridized carbons (Fsp3) is 0.417. The Kier molecular flexibility index (Phi) is 7.81. The van der Waals surface area contributed by atoms with E-state index in [1.165, 1.54) is 23.5 Å². The number of hydrogen-bond acceptors (Lipinski definition) is 4. The number of halogens is 3. The van der Waals surface area contributed by atoms with E-state index in [1.54, 1.807) is 16.4 Å². The molecule has 2 atom stereocenters. The van der Waals surface area contributed by atoms with Gasteiger partial charge in [-0.15, -0.1) is 24.5 Å². The lowest BCUT2D eigenvalue weighted by Gasteiger charge is -2.37. The summed E-state index contributed by atoms with van der Waals surface area (Å²) in [6.07, 6.45) is -0.925. The van der Waals surface area contributed by atoms with Crippen molar-refractivity contribution in [3.63, 3.8) is 0 Å². The summed E-state index contributed by atoms with van der Waals surface area (Å²) in [6.45, 7) is 4.06. The Hall–Kier alpha value is -2.14. The molecule has 1 aliphatic rings. The first kappa shape index (κ1) is 25.0. The second kappa shape index (κ2) is 10.6. The van der Waals surface area contributed by atoms with Crippen molar-refractivity contribution in [1.29, 1.82) is 0 Å². The van der Waals surface area contributed by atoms with Crippen molar-refractivity contribution in [1.82, 2.24) is 4.90 Å². The fourth-order valence-corrected chi connectivity index (χ4v) is 6.51. The number of aryl methyl sites for hydroxylation is 1. The van der Waals surface area contributed by atoms with Gasteiger partial charge in [0, 0.05) is 10.7 Å². The molecule has 0 bridgehead atoms. The van der Waals surface area contributed by atoms with Gasteiger partial charge in [0.2, 0.25) is 0 Å². The highest BCUT2D eigenvalue weighted by atomic mass is 32.2. The first-order chi connectivity index (χ1) is 16.2. The van der Waals surface area contributed by atoms with E-state index in [0.29, 0.717) is 13.0 Å². The largest absolute Gasteiger partial charge is 0.573 e. The van der Waals surface area contributed by atoms with Crippen LogP contribution in [0.3, 0.4) is 0 Å². The molecule has 1 aliphatic heterocycles. The Bertz CT molecular complexity index is 1130. The third kappa shape index (κ3) is 6.10. The van der Waals surface area contributed by atoms with Crippen LogP contribution in [0, 0.1) is 6.92 Å². The van der Waals surface area contributed by atoms with Crippen LogP contribution in [0.4, 0.5) is 18.2 Å². The van der Waals surface area contributed by atoms with Crippen molar-refractivity contribution in [2.24, 2.45) is 0 Å². The normalized spacial score (nSPS) is 17.0. The maximum atomic E-state index is 12.5. The van der Waals surface area contributed by atoms with Gasteiger partial charge in [0.25, 0.3) is 11.3 Å². The Labute approximate surface area is 203 Å². The number of hydrogen-bond donors (Lipinski definition) is 1. The van der Waals surface area contributed by atoms with Gasteiger partial charge in [-0.2, -0.15) is 0 Å². The zero-order valence-electron chi connectivity index (χ0n) is 18.8. The number of benzene rings is 2. The smallest absolute Gasteiger partial charge is 0.406 e. The molecular weight excluding hydrogens is 485 g/mol. The number of thiophene rings is 1. The molecule has 2 aromatic carbocycles. The molecule has 3 aromatic rings. The molecule has 2 unspecified atom stereocenters. The summed E-state index contributed by atoms with van der Waals surface area (Å²) in [4.78, 5) is 2.33. The molecule has 5 nitrogen and oxygen atoms in total. The van der Waals surface area contributed by atoms with Crippen molar-refractivity contribution in [3.8, 4) is 5.75 Å². The maximum absolute atomic E-state index is 12.5. The monoisotopic (exact) mass is 512 g/mol. The Morgan fingerprint density at radius 2 is 1.79 bits per heavy atom. The second-order valence-electron chi connectivity index (χ2n) is 8.47. The van der Waals surface area contributed by atoms with Crippen molar-refractivity contribution in [3.05, 3.63) is 59.7 Å². The highest BCUT2D eigenvalue weighted by Gasteiger charge is 2.31. The number of fused-ring (bicyclic) bond motifs is 1. The lowest BCUT2D eigenvalue weighted by atomic mass is 10.0. The van der Waals surface area contributed by atoms with Crippen LogP contribution in [0.2, 0.25) is 0 Å². The van der Waals surface area contributed by atoms with Crippen LogP contribution < -0.4 is 9.04 Å². The molecule has 4 rings (SSSR count). The van der Waals surface area contributed by atoms with Gasteiger partial charge in [-0.1, -0.05) is 36.8 Å². The number of ether oxygens (including phenoxy) is 1. The van der Waals surface area contributed by atoms with Gasteiger partial charge in [-0.05, 0) is 74.0 Å². The molecule has 2 heterocycles. The zero-order chi connectivity index (χ0) is 24.3. The molecule has 0 amide bonds.